The molecule has 3 heterocycles. The third-order valence-electron chi connectivity index (χ3n) is 6.71. The highest BCUT2D eigenvalue weighted by Gasteiger charge is 2.31. The number of carbonyl (C=O) groups is 1. The minimum absolute atomic E-state index is 0.0676. The van der Waals surface area contributed by atoms with Crippen molar-refractivity contribution in [2.24, 2.45) is 5.92 Å². The van der Waals surface area contributed by atoms with Crippen LogP contribution in [0.3, 0.4) is 0 Å². The average molecular weight is 444 g/mol. The normalized spacial score (nSPS) is 18.8. The molecule has 4 rings (SSSR count). The second-order valence-corrected chi connectivity index (χ2v) is 8.81. The maximum Gasteiger partial charge on any atom is 0.225 e. The van der Waals surface area contributed by atoms with Gasteiger partial charge in [0, 0.05) is 49.9 Å². The van der Waals surface area contributed by atoms with E-state index < -0.39 is 11.6 Å². The van der Waals surface area contributed by atoms with E-state index in [9.17, 15) is 13.6 Å². The van der Waals surface area contributed by atoms with Crippen LogP contribution in [0.15, 0.2) is 36.7 Å². The number of anilines is 1. The van der Waals surface area contributed by atoms with Gasteiger partial charge in [-0.1, -0.05) is 6.07 Å². The van der Waals surface area contributed by atoms with Crippen molar-refractivity contribution < 1.29 is 13.6 Å². The van der Waals surface area contributed by atoms with E-state index in [4.69, 9.17) is 5.73 Å². The molecular formula is C24H31F2N5O. The number of nitrogen functional groups attached to an aromatic ring is 1. The van der Waals surface area contributed by atoms with Gasteiger partial charge in [-0.05, 0) is 62.5 Å². The van der Waals surface area contributed by atoms with Crippen LogP contribution >= 0.6 is 0 Å². The topological polar surface area (TPSA) is 74.5 Å². The number of amides is 1. The number of nitrogens with two attached hydrogens (primary N) is 1. The van der Waals surface area contributed by atoms with Crippen molar-refractivity contribution in [2.45, 2.75) is 44.8 Å². The summed E-state index contributed by atoms with van der Waals surface area (Å²) in [5.41, 5.74) is 7.86. The standard InChI is InChI=1S/C24H31F2N5O/c25-21-2-1-3-22(26)20(21)14-29-19-7-12-31(13-8-19)24(32)17-5-10-30(11-6-17)16-18-4-9-28-15-23(18)27/h1-4,9,15,17,19,29H,5-8,10-14,16,27H2. The second kappa shape index (κ2) is 10.4. The van der Waals surface area contributed by atoms with E-state index in [0.29, 0.717) is 18.8 Å². The zero-order chi connectivity index (χ0) is 22.5. The molecule has 0 saturated carbocycles. The summed E-state index contributed by atoms with van der Waals surface area (Å²) in [6, 6.07) is 6.03. The number of nitrogens with zero attached hydrogens (tertiary/aromatic N) is 3. The number of piperidine rings is 2. The van der Waals surface area contributed by atoms with Gasteiger partial charge in [-0.25, -0.2) is 8.78 Å². The molecule has 0 aliphatic carbocycles. The molecule has 172 valence electrons. The lowest BCUT2D eigenvalue weighted by Gasteiger charge is -2.37. The lowest BCUT2D eigenvalue weighted by atomic mass is 9.93. The number of hydrogen-bond acceptors (Lipinski definition) is 5. The monoisotopic (exact) mass is 443 g/mol. The van der Waals surface area contributed by atoms with Crippen molar-refractivity contribution in [2.75, 3.05) is 31.9 Å². The minimum Gasteiger partial charge on any atom is -0.397 e. The van der Waals surface area contributed by atoms with Gasteiger partial charge < -0.3 is 16.0 Å². The van der Waals surface area contributed by atoms with Crippen LogP contribution in [0, 0.1) is 17.6 Å². The van der Waals surface area contributed by atoms with Crippen molar-refractivity contribution >= 4 is 11.6 Å². The molecule has 2 saturated heterocycles. The first kappa shape index (κ1) is 22.6. The van der Waals surface area contributed by atoms with Crippen LogP contribution in [-0.2, 0) is 17.9 Å². The van der Waals surface area contributed by atoms with Gasteiger partial charge in [0.2, 0.25) is 5.91 Å². The summed E-state index contributed by atoms with van der Waals surface area (Å²) >= 11 is 0. The Labute approximate surface area is 187 Å². The predicted molar refractivity (Wildman–Crippen MR) is 119 cm³/mol. The summed E-state index contributed by atoms with van der Waals surface area (Å²) in [5, 5.41) is 3.25. The fraction of sp³-hybridized carbons (Fsp3) is 0.500. The first-order valence-corrected chi connectivity index (χ1v) is 11.4. The van der Waals surface area contributed by atoms with Crippen LogP contribution < -0.4 is 11.1 Å². The van der Waals surface area contributed by atoms with Crippen molar-refractivity contribution in [3.8, 4) is 0 Å². The largest absolute Gasteiger partial charge is 0.397 e. The van der Waals surface area contributed by atoms with Gasteiger partial charge in [0.15, 0.2) is 0 Å². The maximum atomic E-state index is 13.8. The Morgan fingerprint density at radius 2 is 1.75 bits per heavy atom. The molecule has 0 bridgehead atoms. The molecule has 2 aliphatic rings. The van der Waals surface area contributed by atoms with Crippen LogP contribution in [0.4, 0.5) is 14.5 Å². The third kappa shape index (κ3) is 5.42. The van der Waals surface area contributed by atoms with Gasteiger partial charge in [-0.2, -0.15) is 0 Å². The SMILES string of the molecule is Nc1cnccc1CN1CCC(C(=O)N2CCC(NCc3c(F)cccc3F)CC2)CC1. The van der Waals surface area contributed by atoms with Gasteiger partial charge in [0.25, 0.3) is 0 Å². The number of likely N-dealkylation sites (tertiary alicyclic amines) is 2. The number of aromatic nitrogens is 1. The predicted octanol–water partition coefficient (Wildman–Crippen LogP) is 2.93. The zero-order valence-electron chi connectivity index (χ0n) is 18.3. The summed E-state index contributed by atoms with van der Waals surface area (Å²) in [5.74, 6) is -0.740. The Kier molecular flexibility index (Phi) is 7.32. The number of hydrogen-bond donors (Lipinski definition) is 2. The summed E-state index contributed by atoms with van der Waals surface area (Å²) < 4.78 is 27.6. The van der Waals surface area contributed by atoms with E-state index in [1.807, 2.05) is 11.0 Å². The number of benzene rings is 1. The molecule has 8 heteroatoms. The van der Waals surface area contributed by atoms with Gasteiger partial charge in [-0.15, -0.1) is 0 Å². The number of carbonyl (C=O) groups excluding carboxylic acids is 1. The second-order valence-electron chi connectivity index (χ2n) is 8.81. The number of pyridine rings is 1. The Morgan fingerprint density at radius 3 is 2.41 bits per heavy atom. The number of nitrogens with one attached hydrogen (secondary N) is 1. The van der Waals surface area contributed by atoms with Crippen LogP contribution in [0.25, 0.3) is 0 Å². The summed E-state index contributed by atoms with van der Waals surface area (Å²) in [4.78, 5) is 21.3. The highest BCUT2D eigenvalue weighted by molar-refractivity contribution is 5.79. The van der Waals surface area contributed by atoms with E-state index in [0.717, 1.165) is 50.9 Å². The third-order valence-corrected chi connectivity index (χ3v) is 6.71. The first-order chi connectivity index (χ1) is 15.5. The molecule has 2 fully saturated rings. The average Bonchev–Trinajstić information content (AvgIpc) is 2.81. The van der Waals surface area contributed by atoms with Crippen molar-refractivity contribution in [1.29, 1.82) is 0 Å². The van der Waals surface area contributed by atoms with E-state index >= 15 is 0 Å². The van der Waals surface area contributed by atoms with Crippen LogP contribution in [0.5, 0.6) is 0 Å². The molecule has 1 aromatic carbocycles. The molecule has 2 aromatic rings. The first-order valence-electron chi connectivity index (χ1n) is 11.4. The smallest absolute Gasteiger partial charge is 0.225 e. The van der Waals surface area contributed by atoms with Crippen molar-refractivity contribution in [1.82, 2.24) is 20.1 Å². The molecule has 0 spiro atoms. The summed E-state index contributed by atoms with van der Waals surface area (Å²) in [6.07, 6.45) is 6.73. The van der Waals surface area contributed by atoms with E-state index in [1.165, 1.54) is 18.2 Å². The van der Waals surface area contributed by atoms with Crippen LogP contribution in [-0.4, -0.2) is 52.9 Å². The molecule has 2 aliphatic heterocycles. The quantitative estimate of drug-likeness (QED) is 0.718. The van der Waals surface area contributed by atoms with Crippen LogP contribution in [0.1, 0.15) is 36.8 Å². The molecule has 6 nitrogen and oxygen atoms in total. The maximum absolute atomic E-state index is 13.8. The summed E-state index contributed by atoms with van der Waals surface area (Å²) in [6.45, 7) is 4.08. The molecule has 0 atom stereocenters. The fourth-order valence-corrected chi connectivity index (χ4v) is 4.67. The van der Waals surface area contributed by atoms with Gasteiger partial charge in [-0.3, -0.25) is 14.7 Å². The molecule has 1 amide bonds. The Hall–Kier alpha value is -2.58. The van der Waals surface area contributed by atoms with Gasteiger partial charge in [0.1, 0.15) is 11.6 Å². The van der Waals surface area contributed by atoms with E-state index in [-0.39, 0.29) is 30.0 Å². The molecule has 0 radical (unpaired) electrons. The highest BCUT2D eigenvalue weighted by atomic mass is 19.1. The Morgan fingerprint density at radius 1 is 1.06 bits per heavy atom. The highest BCUT2D eigenvalue weighted by Crippen LogP contribution is 2.24. The van der Waals surface area contributed by atoms with Crippen molar-refractivity contribution in [3.05, 3.63) is 59.4 Å². The molecule has 32 heavy (non-hydrogen) atoms. The summed E-state index contributed by atoms with van der Waals surface area (Å²) in [7, 11) is 0. The minimum atomic E-state index is -0.525. The number of rotatable bonds is 6. The lowest BCUT2D eigenvalue weighted by Crippen LogP contribution is -2.48. The Balaban J connectivity index is 1.20. The van der Waals surface area contributed by atoms with Crippen LogP contribution in [0.2, 0.25) is 0 Å². The fourth-order valence-electron chi connectivity index (χ4n) is 4.67. The van der Waals surface area contributed by atoms with Crippen molar-refractivity contribution in [3.63, 3.8) is 0 Å². The molecule has 1 aromatic heterocycles. The molecule has 3 N–H and O–H groups in total. The molecule has 0 unspecified atom stereocenters. The van der Waals surface area contributed by atoms with E-state index in [1.54, 1.807) is 12.4 Å². The van der Waals surface area contributed by atoms with Gasteiger partial charge >= 0.3 is 0 Å². The Bertz CT molecular complexity index is 904. The molecular weight excluding hydrogens is 412 g/mol. The van der Waals surface area contributed by atoms with Gasteiger partial charge in [0.05, 0.1) is 11.9 Å². The zero-order valence-corrected chi connectivity index (χ0v) is 18.3. The number of halogens is 2. The lowest BCUT2D eigenvalue weighted by molar-refractivity contribution is -0.138. The van der Waals surface area contributed by atoms with E-state index in [2.05, 4.69) is 15.2 Å².